The van der Waals surface area contributed by atoms with Gasteiger partial charge in [0.05, 0.1) is 12.4 Å². The molecule has 0 saturated carbocycles. The Bertz CT molecular complexity index is 1330. The van der Waals surface area contributed by atoms with Crippen LogP contribution in [0.5, 0.6) is 0 Å². The Balaban J connectivity index is 1.57. The first kappa shape index (κ1) is 18.4. The number of aryl methyl sites for hydroxylation is 2. The highest BCUT2D eigenvalue weighted by molar-refractivity contribution is 5.64. The molecule has 0 N–H and O–H groups in total. The maximum Gasteiger partial charge on any atom is 0.274 e. The van der Waals surface area contributed by atoms with E-state index in [0.717, 1.165) is 52.3 Å². The van der Waals surface area contributed by atoms with Gasteiger partial charge in [0, 0.05) is 65.4 Å². The van der Waals surface area contributed by atoms with Gasteiger partial charge in [0.1, 0.15) is 0 Å². The van der Waals surface area contributed by atoms with E-state index in [9.17, 15) is 4.79 Å². The van der Waals surface area contributed by atoms with Gasteiger partial charge in [-0.2, -0.15) is 14.7 Å². The van der Waals surface area contributed by atoms with Crippen LogP contribution in [0.4, 0.5) is 5.82 Å². The fourth-order valence-electron chi connectivity index (χ4n) is 3.96. The van der Waals surface area contributed by atoms with Crippen molar-refractivity contribution in [3.05, 3.63) is 75.2 Å². The Morgan fingerprint density at radius 2 is 1.87 bits per heavy atom. The molecule has 0 atom stereocenters. The zero-order valence-corrected chi connectivity index (χ0v) is 17.1. The normalized spacial score (nSPS) is 13.5. The van der Waals surface area contributed by atoms with Crippen LogP contribution in [0.3, 0.4) is 0 Å². The summed E-state index contributed by atoms with van der Waals surface area (Å²) in [6.07, 6.45) is 6.13. The second-order valence-electron chi connectivity index (χ2n) is 7.68. The predicted octanol–water partition coefficient (Wildman–Crippen LogP) is 2.43. The molecule has 8 nitrogen and oxygen atoms in total. The number of fused-ring (bicyclic) bond motifs is 2. The number of aromatic nitrogens is 6. The van der Waals surface area contributed by atoms with Crippen LogP contribution in [0.1, 0.15) is 28.1 Å². The molecule has 0 aliphatic carbocycles. The van der Waals surface area contributed by atoms with Gasteiger partial charge in [-0.1, -0.05) is 0 Å². The first-order valence-electron chi connectivity index (χ1n) is 9.89. The summed E-state index contributed by atoms with van der Waals surface area (Å²) in [4.78, 5) is 23.9. The van der Waals surface area contributed by atoms with Crippen LogP contribution in [0.15, 0.2) is 41.6 Å². The molecule has 0 aromatic carbocycles. The van der Waals surface area contributed by atoms with Crippen molar-refractivity contribution in [2.75, 3.05) is 11.4 Å². The largest absolute Gasteiger partial charge is 0.350 e. The fraction of sp³-hybridized carbons (Fsp3) is 0.273. The third-order valence-electron chi connectivity index (χ3n) is 5.71. The number of anilines is 1. The minimum absolute atomic E-state index is 0.159. The molecule has 4 aromatic rings. The Hall–Kier alpha value is -3.68. The van der Waals surface area contributed by atoms with Crippen LogP contribution in [0, 0.1) is 20.8 Å². The topological polar surface area (TPSA) is 89.2 Å². The van der Waals surface area contributed by atoms with E-state index in [1.807, 2.05) is 33.0 Å². The second kappa shape index (κ2) is 6.98. The third kappa shape index (κ3) is 3.01. The lowest BCUT2D eigenvalue weighted by molar-refractivity contribution is 0.684. The van der Waals surface area contributed by atoms with Crippen LogP contribution in [0.25, 0.3) is 16.8 Å². The van der Waals surface area contributed by atoms with E-state index >= 15 is 0 Å². The van der Waals surface area contributed by atoms with Crippen LogP contribution >= 0.6 is 0 Å². The second-order valence-corrected chi connectivity index (χ2v) is 7.68. The number of hydrogen-bond acceptors (Lipinski definition) is 7. The van der Waals surface area contributed by atoms with Gasteiger partial charge in [-0.3, -0.25) is 9.78 Å². The Morgan fingerprint density at radius 1 is 1.00 bits per heavy atom. The maximum atomic E-state index is 12.5. The minimum atomic E-state index is -0.159. The summed E-state index contributed by atoms with van der Waals surface area (Å²) in [7, 11) is 0. The van der Waals surface area contributed by atoms with E-state index < -0.39 is 0 Å². The first-order chi connectivity index (χ1) is 14.5. The summed E-state index contributed by atoms with van der Waals surface area (Å²) in [6, 6.07) is 5.60. The Morgan fingerprint density at radius 3 is 2.67 bits per heavy atom. The average Bonchev–Trinajstić information content (AvgIpc) is 2.76. The summed E-state index contributed by atoms with van der Waals surface area (Å²) in [5.74, 6) is 0.814. The van der Waals surface area contributed by atoms with Crippen molar-refractivity contribution >= 4 is 11.5 Å². The quantitative estimate of drug-likeness (QED) is 0.511. The van der Waals surface area contributed by atoms with Crippen molar-refractivity contribution in [3.63, 3.8) is 0 Å². The molecular formula is C22H21N7O. The third-order valence-corrected chi connectivity index (χ3v) is 5.71. The molecule has 0 spiro atoms. The lowest BCUT2D eigenvalue weighted by Gasteiger charge is -2.31. The summed E-state index contributed by atoms with van der Waals surface area (Å²) >= 11 is 0. The SMILES string of the molecule is Cc1cc(=O)n2nc(N3CCc4ncc(-c5ccnnc5)cc4C3)c(C)c(C)c2n1. The molecule has 0 radical (unpaired) electrons. The lowest BCUT2D eigenvalue weighted by Crippen LogP contribution is -2.34. The van der Waals surface area contributed by atoms with Crippen LogP contribution in [0.2, 0.25) is 0 Å². The highest BCUT2D eigenvalue weighted by Crippen LogP contribution is 2.29. The van der Waals surface area contributed by atoms with Gasteiger partial charge >= 0.3 is 0 Å². The molecule has 4 aromatic heterocycles. The molecule has 1 aliphatic heterocycles. The first-order valence-corrected chi connectivity index (χ1v) is 9.89. The molecule has 0 amide bonds. The smallest absolute Gasteiger partial charge is 0.274 e. The van der Waals surface area contributed by atoms with Gasteiger partial charge in [0.15, 0.2) is 11.5 Å². The summed E-state index contributed by atoms with van der Waals surface area (Å²) in [5.41, 5.74) is 7.43. The molecule has 30 heavy (non-hydrogen) atoms. The van der Waals surface area contributed by atoms with E-state index in [0.29, 0.717) is 17.9 Å². The van der Waals surface area contributed by atoms with Crippen molar-refractivity contribution in [3.8, 4) is 11.1 Å². The molecule has 0 saturated heterocycles. The monoisotopic (exact) mass is 399 g/mol. The van der Waals surface area contributed by atoms with Gasteiger partial charge in [0.2, 0.25) is 0 Å². The van der Waals surface area contributed by atoms with Crippen molar-refractivity contribution in [1.29, 1.82) is 0 Å². The van der Waals surface area contributed by atoms with Crippen LogP contribution < -0.4 is 10.5 Å². The lowest BCUT2D eigenvalue weighted by atomic mass is 10.0. The molecule has 0 fully saturated rings. The molecule has 0 unspecified atom stereocenters. The van der Waals surface area contributed by atoms with Gasteiger partial charge in [-0.25, -0.2) is 4.98 Å². The van der Waals surface area contributed by atoms with Gasteiger partial charge < -0.3 is 4.90 Å². The van der Waals surface area contributed by atoms with Gasteiger partial charge in [-0.15, -0.1) is 5.10 Å². The predicted molar refractivity (Wildman–Crippen MR) is 113 cm³/mol. The highest BCUT2D eigenvalue weighted by Gasteiger charge is 2.23. The van der Waals surface area contributed by atoms with Crippen LogP contribution in [-0.2, 0) is 13.0 Å². The van der Waals surface area contributed by atoms with E-state index in [4.69, 9.17) is 0 Å². The van der Waals surface area contributed by atoms with Crippen molar-refractivity contribution < 1.29 is 0 Å². The van der Waals surface area contributed by atoms with Gasteiger partial charge in [0.25, 0.3) is 5.56 Å². The molecular weight excluding hydrogens is 378 g/mol. The summed E-state index contributed by atoms with van der Waals surface area (Å²) < 4.78 is 1.41. The average molecular weight is 399 g/mol. The van der Waals surface area contributed by atoms with E-state index in [2.05, 4.69) is 36.2 Å². The number of nitrogens with zero attached hydrogens (tertiary/aromatic N) is 7. The molecule has 1 aliphatic rings. The maximum absolute atomic E-state index is 12.5. The molecule has 5 rings (SSSR count). The standard InChI is InChI=1S/C22H21N7O/c1-13-8-20(30)29-21(26-13)14(2)15(3)22(27-29)28-7-5-19-18(12-28)9-17(10-23-19)16-4-6-24-25-11-16/h4,6,8-11H,5,7,12H2,1-3H3. The Labute approximate surface area is 173 Å². The fourth-order valence-corrected chi connectivity index (χ4v) is 3.96. The van der Waals surface area contributed by atoms with E-state index in [1.165, 1.54) is 10.6 Å². The van der Waals surface area contributed by atoms with Crippen molar-refractivity contribution in [2.45, 2.75) is 33.7 Å². The minimum Gasteiger partial charge on any atom is -0.350 e. The molecule has 0 bridgehead atoms. The number of pyridine rings is 1. The molecule has 5 heterocycles. The highest BCUT2D eigenvalue weighted by atomic mass is 16.1. The summed E-state index contributed by atoms with van der Waals surface area (Å²) in [6.45, 7) is 7.34. The summed E-state index contributed by atoms with van der Waals surface area (Å²) in [5, 5.41) is 12.5. The van der Waals surface area contributed by atoms with Crippen molar-refractivity contribution in [2.24, 2.45) is 0 Å². The van der Waals surface area contributed by atoms with Gasteiger partial charge in [-0.05, 0) is 38.5 Å². The number of hydrogen-bond donors (Lipinski definition) is 0. The zero-order valence-electron chi connectivity index (χ0n) is 17.1. The molecule has 150 valence electrons. The van der Waals surface area contributed by atoms with E-state index in [-0.39, 0.29) is 5.56 Å². The Kier molecular flexibility index (Phi) is 4.27. The molecule has 8 heteroatoms. The van der Waals surface area contributed by atoms with E-state index in [1.54, 1.807) is 12.4 Å². The zero-order chi connectivity index (χ0) is 20.8. The number of rotatable bonds is 2. The van der Waals surface area contributed by atoms with Crippen LogP contribution in [-0.4, -0.2) is 36.3 Å². The van der Waals surface area contributed by atoms with Crippen molar-refractivity contribution in [1.82, 2.24) is 29.8 Å².